The smallest absolute Gasteiger partial charge is 0.391 e. The lowest BCUT2D eigenvalue weighted by Gasteiger charge is -2.14. The number of hydrogen-bond acceptors (Lipinski definition) is 11. The van der Waals surface area contributed by atoms with E-state index in [-0.39, 0.29) is 29.6 Å². The molecule has 1 aromatic carbocycles. The first-order chi connectivity index (χ1) is 22.3. The van der Waals surface area contributed by atoms with Crippen LogP contribution in [-0.2, 0) is 22.3 Å². The fourth-order valence-corrected chi connectivity index (χ4v) is 5.46. The number of fused-ring (bicyclic) bond motifs is 1. The first kappa shape index (κ1) is 30.9. The molecule has 15 nitrogen and oxygen atoms in total. The summed E-state index contributed by atoms with van der Waals surface area (Å²) in [6.45, 7) is 3.55. The zero-order valence-electron chi connectivity index (χ0n) is 24.5. The Balaban J connectivity index is 1.28. The quantitative estimate of drug-likeness (QED) is 0.189. The van der Waals surface area contributed by atoms with Crippen molar-refractivity contribution in [1.82, 2.24) is 44.7 Å². The number of aryl methyl sites for hydroxylation is 1. The summed E-state index contributed by atoms with van der Waals surface area (Å²) in [5.41, 5.74) is 7.31. The summed E-state index contributed by atoms with van der Waals surface area (Å²) in [5.74, 6) is -0.0330. The third kappa shape index (κ3) is 6.49. The van der Waals surface area contributed by atoms with Crippen molar-refractivity contribution in [2.24, 2.45) is 5.73 Å². The number of amides is 1. The van der Waals surface area contributed by atoms with Gasteiger partial charge in [-0.2, -0.15) is 9.07 Å². The predicted octanol–water partition coefficient (Wildman–Crippen LogP) is 3.05. The van der Waals surface area contributed by atoms with Gasteiger partial charge in [-0.1, -0.05) is 11.6 Å². The van der Waals surface area contributed by atoms with Gasteiger partial charge in [-0.3, -0.25) is 9.36 Å². The average Bonchev–Trinajstić information content (AvgIpc) is 3.80. The Morgan fingerprint density at radius 1 is 1.17 bits per heavy atom. The minimum absolute atomic E-state index is 0.00843. The van der Waals surface area contributed by atoms with E-state index in [1.54, 1.807) is 24.3 Å². The van der Waals surface area contributed by atoms with Gasteiger partial charge in [-0.05, 0) is 48.0 Å². The van der Waals surface area contributed by atoms with Crippen LogP contribution in [0.3, 0.4) is 0 Å². The second-order valence-electron chi connectivity index (χ2n) is 10.2. The minimum Gasteiger partial charge on any atom is -0.391 e. The Morgan fingerprint density at radius 2 is 2.02 bits per heavy atom. The summed E-state index contributed by atoms with van der Waals surface area (Å²) >= 11 is 6.28. The zero-order valence-corrected chi connectivity index (χ0v) is 25.3. The van der Waals surface area contributed by atoms with Crippen LogP contribution in [0, 0.1) is 5.95 Å². The number of H-pyrrole nitrogens is 1. The lowest BCUT2D eigenvalue weighted by molar-refractivity contribution is 0.0539. The second kappa shape index (κ2) is 13.5. The molecule has 0 bridgehead atoms. The Bertz CT molecular complexity index is 1930. The maximum Gasteiger partial charge on any atom is 0.411 e. The van der Waals surface area contributed by atoms with Crippen molar-refractivity contribution >= 4 is 17.7 Å². The van der Waals surface area contributed by atoms with Crippen molar-refractivity contribution < 1.29 is 23.4 Å². The largest absolute Gasteiger partial charge is 0.411 e. The highest BCUT2D eigenvalue weighted by molar-refractivity contribution is 6.31. The van der Waals surface area contributed by atoms with E-state index in [4.69, 9.17) is 36.5 Å². The number of halogens is 2. The van der Waals surface area contributed by atoms with Gasteiger partial charge in [0, 0.05) is 53.4 Å². The van der Waals surface area contributed by atoms with E-state index in [0.717, 1.165) is 0 Å². The maximum absolute atomic E-state index is 15.3. The van der Waals surface area contributed by atoms with Crippen molar-refractivity contribution in [2.75, 3.05) is 26.4 Å². The molecule has 0 spiro atoms. The zero-order chi connectivity index (χ0) is 32.2. The summed E-state index contributed by atoms with van der Waals surface area (Å²) in [7, 11) is 0. The van der Waals surface area contributed by atoms with Crippen molar-refractivity contribution in [3.05, 3.63) is 81.4 Å². The van der Waals surface area contributed by atoms with Crippen LogP contribution in [0.5, 0.6) is 5.88 Å². The van der Waals surface area contributed by atoms with Crippen LogP contribution in [0.15, 0.2) is 47.7 Å². The predicted molar refractivity (Wildman–Crippen MR) is 161 cm³/mol. The van der Waals surface area contributed by atoms with Crippen molar-refractivity contribution in [1.29, 1.82) is 0 Å². The molecular formula is C29H28ClFN10O5. The van der Waals surface area contributed by atoms with Crippen LogP contribution < -0.4 is 16.0 Å². The highest BCUT2D eigenvalue weighted by Gasteiger charge is 2.31. The summed E-state index contributed by atoms with van der Waals surface area (Å²) in [4.78, 5) is 41.1. The van der Waals surface area contributed by atoms with Crippen LogP contribution in [0.4, 0.5) is 9.18 Å². The van der Waals surface area contributed by atoms with E-state index in [1.165, 1.54) is 27.8 Å². The number of ether oxygens (including phenoxy) is 3. The highest BCUT2D eigenvalue weighted by Crippen LogP contribution is 2.34. The fourth-order valence-electron chi connectivity index (χ4n) is 5.29. The number of nitrogens with zero attached hydrogens (tertiary/aromatic N) is 8. The van der Waals surface area contributed by atoms with Crippen LogP contribution >= 0.6 is 11.6 Å². The third-order valence-corrected chi connectivity index (χ3v) is 7.54. The lowest BCUT2D eigenvalue weighted by atomic mass is 10.1. The van der Waals surface area contributed by atoms with Gasteiger partial charge < -0.3 is 24.9 Å². The SMILES string of the molecule is CCOCCOCCc1cc(-c2[nH]c([C@@H]3CCc4nc(-c5cc(Cl)ccc5-n5cnnn5)cc(=O)n43)nc2F)cnc1OC(N)=O. The molecule has 17 heteroatoms. The average molecular weight is 651 g/mol. The first-order valence-corrected chi connectivity index (χ1v) is 14.7. The normalized spacial score (nSPS) is 14.0. The highest BCUT2D eigenvalue weighted by atomic mass is 35.5. The molecule has 0 saturated carbocycles. The van der Waals surface area contributed by atoms with Gasteiger partial charge in [0.1, 0.15) is 23.7 Å². The molecule has 1 amide bonds. The number of aromatic nitrogens is 9. The number of tetrazole rings is 1. The molecule has 238 valence electrons. The molecular weight excluding hydrogens is 623 g/mol. The molecule has 4 aromatic heterocycles. The van der Waals surface area contributed by atoms with E-state index in [2.05, 4.69) is 30.5 Å². The standard InChI is InChI=1S/C29H28ClFN10O5/c1-2-44-9-10-45-8-7-16-11-17(14-33-28(16)46-29(32)43)25-26(31)37-27(36-25)22-5-6-23-35-20(13-24(42)41(22)23)19-12-18(30)3-4-21(19)40-15-34-38-39-40/h3-4,11-15,22H,2,5-10H2,1H3,(H2,32,43)(H,36,37)/t22-/m0/s1. The fraction of sp³-hybridized carbons (Fsp3) is 0.310. The molecule has 0 unspecified atom stereocenters. The summed E-state index contributed by atoms with van der Waals surface area (Å²) in [6.07, 6.45) is 2.95. The van der Waals surface area contributed by atoms with Gasteiger partial charge in [0.2, 0.25) is 11.8 Å². The monoisotopic (exact) mass is 650 g/mol. The van der Waals surface area contributed by atoms with E-state index in [9.17, 15) is 9.59 Å². The molecule has 0 fully saturated rings. The third-order valence-electron chi connectivity index (χ3n) is 7.31. The Labute approximate surface area is 265 Å². The van der Waals surface area contributed by atoms with Crippen LogP contribution in [0.25, 0.3) is 28.2 Å². The number of imidazole rings is 1. The number of carbonyl (C=O) groups excluding carboxylic acids is 1. The van der Waals surface area contributed by atoms with Crippen molar-refractivity contribution in [3.8, 4) is 34.1 Å². The van der Waals surface area contributed by atoms with Gasteiger partial charge in [0.05, 0.1) is 37.2 Å². The van der Waals surface area contributed by atoms with Crippen LogP contribution in [0.1, 0.15) is 36.6 Å². The molecule has 0 radical (unpaired) electrons. The lowest BCUT2D eigenvalue weighted by Crippen LogP contribution is -2.25. The molecule has 1 aliphatic rings. The molecule has 46 heavy (non-hydrogen) atoms. The number of nitrogens with one attached hydrogen (secondary N) is 1. The van der Waals surface area contributed by atoms with E-state index in [0.29, 0.717) is 78.0 Å². The number of nitrogens with two attached hydrogens (primary N) is 1. The number of primary amides is 1. The minimum atomic E-state index is -1.03. The number of aromatic amines is 1. The maximum atomic E-state index is 15.3. The van der Waals surface area contributed by atoms with Gasteiger partial charge in [-0.25, -0.2) is 19.7 Å². The number of hydrogen-bond donors (Lipinski definition) is 2. The molecule has 5 aromatic rings. The van der Waals surface area contributed by atoms with Gasteiger partial charge in [0.15, 0.2) is 0 Å². The number of carbonyl (C=O) groups is 1. The molecule has 1 aliphatic heterocycles. The number of pyridine rings is 1. The molecule has 3 N–H and O–H groups in total. The van der Waals surface area contributed by atoms with Crippen molar-refractivity contribution in [2.45, 2.75) is 32.2 Å². The molecule has 5 heterocycles. The molecule has 6 rings (SSSR count). The molecule has 0 saturated heterocycles. The number of rotatable bonds is 12. The summed E-state index contributed by atoms with van der Waals surface area (Å²) < 4.78 is 34.2. The number of benzene rings is 1. The van der Waals surface area contributed by atoms with Gasteiger partial charge >= 0.3 is 6.09 Å². The van der Waals surface area contributed by atoms with Crippen LogP contribution in [-0.4, -0.2) is 77.2 Å². The van der Waals surface area contributed by atoms with E-state index < -0.39 is 18.1 Å². The Hall–Kier alpha value is -5.06. The van der Waals surface area contributed by atoms with Crippen LogP contribution in [0.2, 0.25) is 5.02 Å². The Kier molecular flexibility index (Phi) is 9.09. The summed E-state index contributed by atoms with van der Waals surface area (Å²) in [6, 6.07) is 7.54. The first-order valence-electron chi connectivity index (χ1n) is 14.4. The Morgan fingerprint density at radius 3 is 2.80 bits per heavy atom. The van der Waals surface area contributed by atoms with Crippen molar-refractivity contribution in [3.63, 3.8) is 0 Å². The van der Waals surface area contributed by atoms with Gasteiger partial charge in [-0.15, -0.1) is 5.10 Å². The summed E-state index contributed by atoms with van der Waals surface area (Å²) in [5, 5.41) is 11.8. The topological polar surface area (TPSA) is 191 Å². The molecule has 1 atom stereocenters. The van der Waals surface area contributed by atoms with E-state index in [1.807, 2.05) is 6.92 Å². The van der Waals surface area contributed by atoms with Gasteiger partial charge in [0.25, 0.3) is 5.56 Å². The molecule has 0 aliphatic carbocycles. The second-order valence-corrected chi connectivity index (χ2v) is 10.6. The van der Waals surface area contributed by atoms with E-state index >= 15 is 4.39 Å².